The van der Waals surface area contributed by atoms with Gasteiger partial charge >= 0.3 is 59.1 Å². The Labute approximate surface area is 400 Å². The van der Waals surface area contributed by atoms with Crippen LogP contribution in [0.1, 0.15) is 57.1 Å². The maximum absolute atomic E-state index is 13.3. The molecule has 2 amide bonds. The first-order chi connectivity index (χ1) is 27.5. The molecule has 0 spiro atoms. The van der Waals surface area contributed by atoms with E-state index in [0.29, 0.717) is 22.8 Å². The molecule has 2 heterocycles. The van der Waals surface area contributed by atoms with Crippen molar-refractivity contribution in [3.05, 3.63) is 106 Å². The molecule has 4 aromatic carbocycles. The van der Waals surface area contributed by atoms with E-state index in [0.717, 1.165) is 77.5 Å². The second-order valence-corrected chi connectivity index (χ2v) is 17.5. The van der Waals surface area contributed by atoms with Gasteiger partial charge in [-0.3, -0.25) is 9.59 Å². The number of halogens is 2. The van der Waals surface area contributed by atoms with Gasteiger partial charge in [-0.25, -0.2) is 16.8 Å². The van der Waals surface area contributed by atoms with E-state index >= 15 is 0 Å². The normalized spacial score (nSPS) is 19.4. The number of rotatable bonds is 10. The van der Waals surface area contributed by atoms with Gasteiger partial charge in [0.2, 0.25) is 0 Å². The van der Waals surface area contributed by atoms with Crippen LogP contribution < -0.4 is 69.1 Å². The van der Waals surface area contributed by atoms with E-state index < -0.39 is 53.9 Å². The molecule has 300 valence electrons. The van der Waals surface area contributed by atoms with E-state index in [9.17, 15) is 35.5 Å². The van der Waals surface area contributed by atoms with Crippen LogP contribution in [0.4, 0.5) is 22.7 Å². The summed E-state index contributed by atoms with van der Waals surface area (Å²) in [6.45, 7) is 3.16. The van der Waals surface area contributed by atoms with Gasteiger partial charge in [0.1, 0.15) is 20.2 Å². The van der Waals surface area contributed by atoms with Gasteiger partial charge < -0.3 is 9.11 Å². The third-order valence-electron chi connectivity index (χ3n) is 10.2. The second kappa shape index (κ2) is 19.0. The predicted octanol–water partition coefficient (Wildman–Crippen LogP) is 1.81. The minimum absolute atomic E-state index is 0. The molecule has 0 N–H and O–H groups in total. The molecular formula is C38H32Cl2N8Na2O8S2. The summed E-state index contributed by atoms with van der Waals surface area (Å²) >= 11 is 12.5. The molecule has 1 saturated carbocycles. The molecule has 0 bridgehead atoms. The van der Waals surface area contributed by atoms with Crippen molar-refractivity contribution < 1.29 is 94.6 Å². The first-order valence-corrected chi connectivity index (χ1v) is 21.4. The van der Waals surface area contributed by atoms with Crippen molar-refractivity contribution in [2.24, 2.45) is 30.7 Å². The Morgan fingerprint density at radius 2 is 0.983 bits per heavy atom. The fraction of sp³-hybridized carbons (Fsp3) is 0.263. The van der Waals surface area contributed by atoms with Crippen molar-refractivity contribution in [3.63, 3.8) is 0 Å². The summed E-state index contributed by atoms with van der Waals surface area (Å²) in [6, 6.07) is 19.5. The summed E-state index contributed by atoms with van der Waals surface area (Å²) in [6.07, 6.45) is 4.93. The summed E-state index contributed by atoms with van der Waals surface area (Å²) in [5.74, 6) is -1.23. The molecular weight excluding hydrogens is 877 g/mol. The van der Waals surface area contributed by atoms with Crippen molar-refractivity contribution in [1.82, 2.24) is 0 Å². The Bertz CT molecular complexity index is 2500. The van der Waals surface area contributed by atoms with Crippen LogP contribution in [0, 0.1) is 0 Å². The number of hydrogen-bond donors (Lipinski definition) is 0. The van der Waals surface area contributed by atoms with Gasteiger partial charge in [-0.15, -0.1) is 0 Å². The molecule has 1 aliphatic carbocycles. The summed E-state index contributed by atoms with van der Waals surface area (Å²) in [7, 11) is -9.61. The summed E-state index contributed by atoms with van der Waals surface area (Å²) in [4.78, 5) is 25.5. The van der Waals surface area contributed by atoms with Crippen molar-refractivity contribution in [1.29, 1.82) is 0 Å². The maximum Gasteiger partial charge on any atom is 1.00 e. The van der Waals surface area contributed by atoms with Crippen molar-refractivity contribution in [2.45, 2.75) is 73.2 Å². The van der Waals surface area contributed by atoms with Gasteiger partial charge in [0.25, 0.3) is 11.8 Å². The number of nitrogens with zero attached hydrogens (tertiary/aromatic N) is 8. The first kappa shape index (κ1) is 47.8. The van der Waals surface area contributed by atoms with E-state index in [-0.39, 0.29) is 85.9 Å². The van der Waals surface area contributed by atoms with E-state index in [1.54, 1.807) is 13.8 Å². The van der Waals surface area contributed by atoms with Gasteiger partial charge in [0.05, 0.1) is 54.0 Å². The summed E-state index contributed by atoms with van der Waals surface area (Å²) in [5.41, 5.74) is 3.29. The number of carbonyl (C=O) groups excluding carboxylic acids is 2. The fourth-order valence-corrected chi connectivity index (χ4v) is 8.56. The Hall–Kier alpha value is -3.24. The van der Waals surface area contributed by atoms with Crippen molar-refractivity contribution in [2.75, 3.05) is 10.0 Å². The number of anilines is 2. The minimum Gasteiger partial charge on any atom is -0.744 e. The van der Waals surface area contributed by atoms with Crippen LogP contribution in [0.25, 0.3) is 0 Å². The largest absolute Gasteiger partial charge is 1.00 e. The molecule has 2 atom stereocenters. The number of carbonyl (C=O) groups is 2. The molecule has 2 aliphatic heterocycles. The van der Waals surface area contributed by atoms with Crippen LogP contribution >= 0.6 is 23.2 Å². The Kier molecular flexibility index (Phi) is 15.2. The maximum atomic E-state index is 13.3. The topological polar surface area (TPSA) is 229 Å². The van der Waals surface area contributed by atoms with E-state index in [1.807, 2.05) is 48.5 Å². The molecule has 0 aromatic heterocycles. The quantitative estimate of drug-likeness (QED) is 0.129. The standard InChI is InChI=1S/C38H34Cl2N8O8S2.2Na/c1-22-34(36(49)47(45-22)32-20-28(57(51,52)53)14-16-30(32)39)43-41-26-10-6-24(7-11-26)38(18-4-3-5-19-38)25-8-12-27(13-9-25)42-44-35-23(2)46-48(37(35)50)33-21-29(58(54,55)56)15-17-31(33)40;;/h6-17,20-21,34-35H,3-5,18-19H2,1-2H3,(H,51,52,53)(H,54,55,56);;/q;2*+1/p-2. The molecule has 0 radical (unpaired) electrons. The third-order valence-corrected chi connectivity index (χ3v) is 12.5. The monoisotopic (exact) mass is 908 g/mol. The predicted molar refractivity (Wildman–Crippen MR) is 213 cm³/mol. The summed E-state index contributed by atoms with van der Waals surface area (Å²) < 4.78 is 69.4. The smallest absolute Gasteiger partial charge is 0.744 e. The van der Waals surface area contributed by atoms with Gasteiger partial charge in [0, 0.05) is 5.41 Å². The molecule has 7 rings (SSSR count). The first-order valence-electron chi connectivity index (χ1n) is 17.8. The number of amides is 2. The van der Waals surface area contributed by atoms with Crippen molar-refractivity contribution in [3.8, 4) is 0 Å². The van der Waals surface area contributed by atoms with Crippen LogP contribution in [0.5, 0.6) is 0 Å². The van der Waals surface area contributed by atoms with Gasteiger partial charge in [-0.05, 0) is 98.5 Å². The molecule has 60 heavy (non-hydrogen) atoms. The second-order valence-electron chi connectivity index (χ2n) is 13.9. The fourth-order valence-electron chi connectivity index (χ4n) is 7.19. The average Bonchev–Trinajstić information content (AvgIpc) is 3.64. The van der Waals surface area contributed by atoms with E-state index in [4.69, 9.17) is 23.2 Å². The zero-order valence-electron chi connectivity index (χ0n) is 32.7. The van der Waals surface area contributed by atoms with Crippen LogP contribution in [-0.2, 0) is 35.2 Å². The zero-order valence-corrected chi connectivity index (χ0v) is 39.8. The summed E-state index contributed by atoms with van der Waals surface area (Å²) in [5, 5.41) is 27.4. The molecule has 3 aliphatic rings. The van der Waals surface area contributed by atoms with Crippen molar-refractivity contribution >= 4 is 89.4 Å². The van der Waals surface area contributed by atoms with Crippen LogP contribution in [0.3, 0.4) is 0 Å². The van der Waals surface area contributed by atoms with Crippen LogP contribution in [0.15, 0.2) is 125 Å². The van der Waals surface area contributed by atoms with Crippen LogP contribution in [-0.4, -0.2) is 61.3 Å². The number of benzene rings is 4. The average molecular weight is 910 g/mol. The van der Waals surface area contributed by atoms with Gasteiger partial charge in [0.15, 0.2) is 12.1 Å². The molecule has 0 saturated heterocycles. The van der Waals surface area contributed by atoms with Crippen LogP contribution in [0.2, 0.25) is 10.0 Å². The number of azo groups is 2. The molecule has 16 nitrogen and oxygen atoms in total. The zero-order chi connectivity index (χ0) is 41.6. The molecule has 22 heteroatoms. The molecule has 1 fully saturated rings. The minimum atomic E-state index is -4.80. The van der Waals surface area contributed by atoms with E-state index in [2.05, 4.69) is 30.7 Å². The molecule has 2 unspecified atom stereocenters. The SMILES string of the molecule is CC1=NN(c2cc(S(=O)(=O)[O-])ccc2Cl)C(=O)C1N=Nc1ccc(C2(c3ccc(N=NC4C(=O)N(c5cc(S(=O)(=O)[O-])ccc5Cl)N=C4C)cc3)CCCCC2)cc1.[Na+].[Na+]. The Morgan fingerprint density at radius 3 is 1.33 bits per heavy atom. The third kappa shape index (κ3) is 9.85. The van der Waals surface area contributed by atoms with Gasteiger partial charge in [-0.2, -0.15) is 40.7 Å². The number of hydrogen-bond acceptors (Lipinski definition) is 14. The van der Waals surface area contributed by atoms with E-state index in [1.165, 1.54) is 12.1 Å². The molecule has 4 aromatic rings. The Morgan fingerprint density at radius 1 is 0.617 bits per heavy atom. The number of hydrazone groups is 2. The van der Waals surface area contributed by atoms with Gasteiger partial charge in [-0.1, -0.05) is 66.7 Å². The Balaban J connectivity index is 0.00000341.